The number of carbonyl (C=O) groups is 3. The molecule has 0 bridgehead atoms. The van der Waals surface area contributed by atoms with Crippen LogP contribution in [0.3, 0.4) is 0 Å². The molecule has 1 N–H and O–H groups in total. The monoisotopic (exact) mass is 333 g/mol. The molecule has 1 saturated heterocycles. The van der Waals surface area contributed by atoms with Gasteiger partial charge in [0, 0.05) is 6.42 Å². The van der Waals surface area contributed by atoms with Gasteiger partial charge in [0.2, 0.25) is 11.7 Å². The molecule has 1 aliphatic heterocycles. The van der Waals surface area contributed by atoms with Crippen molar-refractivity contribution in [3.63, 3.8) is 0 Å². The van der Waals surface area contributed by atoms with E-state index >= 15 is 0 Å². The number of benzene rings is 1. The number of Topliss-reactive ketones (excluding diaryl/α,β-unsaturated/α-hetero) is 1. The van der Waals surface area contributed by atoms with Crippen LogP contribution in [0.15, 0.2) is 36.9 Å². The largest absolute Gasteiger partial charge is 0.456 e. The lowest BCUT2D eigenvalue weighted by Gasteiger charge is -2.30. The Hall–Kier alpha value is -2.50. The van der Waals surface area contributed by atoms with Crippen molar-refractivity contribution < 1.29 is 23.5 Å². The molecule has 128 valence electrons. The van der Waals surface area contributed by atoms with Crippen LogP contribution in [0.25, 0.3) is 0 Å². The van der Waals surface area contributed by atoms with E-state index in [1.807, 2.05) is 0 Å². The number of ether oxygens (including phenoxy) is 1. The summed E-state index contributed by atoms with van der Waals surface area (Å²) in [6, 6.07) is 5.50. The summed E-state index contributed by atoms with van der Waals surface area (Å²) in [4.78, 5) is 36.3. The van der Waals surface area contributed by atoms with Gasteiger partial charge in [-0.3, -0.25) is 9.59 Å². The highest BCUT2D eigenvalue weighted by Gasteiger charge is 2.41. The molecule has 0 aromatic heterocycles. The molecule has 24 heavy (non-hydrogen) atoms. The topological polar surface area (TPSA) is 72.5 Å². The fourth-order valence-corrected chi connectivity index (χ4v) is 2.77. The lowest BCUT2D eigenvalue weighted by atomic mass is 9.90. The summed E-state index contributed by atoms with van der Waals surface area (Å²) in [6.45, 7) is 3.04. The van der Waals surface area contributed by atoms with Crippen molar-refractivity contribution in [2.45, 2.75) is 37.6 Å². The van der Waals surface area contributed by atoms with Gasteiger partial charge in [0.15, 0.2) is 6.61 Å². The summed E-state index contributed by atoms with van der Waals surface area (Å²) < 4.78 is 18.7. The van der Waals surface area contributed by atoms with Gasteiger partial charge in [0.05, 0.1) is 5.56 Å². The maximum Gasteiger partial charge on any atom is 0.332 e. The highest BCUT2D eigenvalue weighted by atomic mass is 19.1. The van der Waals surface area contributed by atoms with Crippen molar-refractivity contribution in [2.75, 3.05) is 6.61 Å². The predicted molar refractivity (Wildman–Crippen MR) is 85.8 cm³/mol. The van der Waals surface area contributed by atoms with E-state index in [1.165, 1.54) is 30.3 Å². The van der Waals surface area contributed by atoms with Crippen molar-refractivity contribution in [3.8, 4) is 0 Å². The fraction of sp³-hybridized carbons (Fsp3) is 0.389. The zero-order chi connectivity index (χ0) is 17.6. The van der Waals surface area contributed by atoms with E-state index in [9.17, 15) is 18.8 Å². The fourth-order valence-electron chi connectivity index (χ4n) is 2.77. The standard InChI is InChI=1S/C18H20FNO4/c1-2-10-18(11-6-5-9-16(22)20-18)17(23)24-12-15(21)13-7-3-4-8-14(13)19/h2-4,7-8H,1,5-6,9-12H2,(H,20,22)/t18-/m0/s1. The van der Waals surface area contributed by atoms with E-state index in [4.69, 9.17) is 4.74 Å². The van der Waals surface area contributed by atoms with Gasteiger partial charge < -0.3 is 10.1 Å². The van der Waals surface area contributed by atoms with Gasteiger partial charge in [-0.15, -0.1) is 6.58 Å². The number of nitrogens with one attached hydrogen (secondary N) is 1. The summed E-state index contributed by atoms with van der Waals surface area (Å²) in [5.74, 6) is -2.22. The molecule has 2 rings (SSSR count). The van der Waals surface area contributed by atoms with Gasteiger partial charge >= 0.3 is 5.97 Å². The first-order valence-electron chi connectivity index (χ1n) is 7.85. The molecule has 1 aliphatic rings. The van der Waals surface area contributed by atoms with Crippen molar-refractivity contribution in [1.82, 2.24) is 5.32 Å². The Morgan fingerprint density at radius 2 is 2.08 bits per heavy atom. The van der Waals surface area contributed by atoms with Crippen molar-refractivity contribution >= 4 is 17.7 Å². The number of hydrogen-bond acceptors (Lipinski definition) is 4. The molecule has 1 atom stereocenters. The maximum absolute atomic E-state index is 13.6. The lowest BCUT2D eigenvalue weighted by molar-refractivity contribution is -0.152. The molecule has 1 fully saturated rings. The van der Waals surface area contributed by atoms with Crippen molar-refractivity contribution in [3.05, 3.63) is 48.3 Å². The van der Waals surface area contributed by atoms with Crippen LogP contribution in [0.4, 0.5) is 4.39 Å². The van der Waals surface area contributed by atoms with Gasteiger partial charge in [-0.05, 0) is 37.8 Å². The maximum atomic E-state index is 13.6. The highest BCUT2D eigenvalue weighted by Crippen LogP contribution is 2.25. The number of carbonyl (C=O) groups excluding carboxylic acids is 3. The Morgan fingerprint density at radius 3 is 2.79 bits per heavy atom. The van der Waals surface area contributed by atoms with E-state index in [-0.39, 0.29) is 17.9 Å². The van der Waals surface area contributed by atoms with Gasteiger partial charge in [-0.2, -0.15) is 0 Å². The number of ketones is 1. The zero-order valence-electron chi connectivity index (χ0n) is 13.3. The molecule has 1 aromatic carbocycles. The van der Waals surface area contributed by atoms with Gasteiger partial charge in [-0.25, -0.2) is 9.18 Å². The first kappa shape index (κ1) is 17.8. The summed E-state index contributed by atoms with van der Waals surface area (Å²) >= 11 is 0. The Bertz CT molecular complexity index is 658. The molecule has 6 heteroatoms. The number of esters is 1. The molecule has 0 saturated carbocycles. The van der Waals surface area contributed by atoms with E-state index in [2.05, 4.69) is 11.9 Å². The zero-order valence-corrected chi connectivity index (χ0v) is 13.3. The van der Waals surface area contributed by atoms with Crippen LogP contribution < -0.4 is 5.32 Å². The highest BCUT2D eigenvalue weighted by molar-refractivity contribution is 5.99. The quantitative estimate of drug-likeness (QED) is 0.493. The number of rotatable bonds is 6. The summed E-state index contributed by atoms with van der Waals surface area (Å²) in [7, 11) is 0. The third kappa shape index (κ3) is 4.07. The predicted octanol–water partition coefficient (Wildman–Crippen LogP) is 2.56. The Balaban J connectivity index is 2.08. The lowest BCUT2D eigenvalue weighted by Crippen LogP contribution is -2.54. The molecular weight excluding hydrogens is 313 g/mol. The number of hydrogen-bond donors (Lipinski definition) is 1. The molecular formula is C18H20FNO4. The SMILES string of the molecule is C=CC[C@@]1(C(=O)OCC(=O)c2ccccc2F)CCCCC(=O)N1. The van der Waals surface area contributed by atoms with Gasteiger partial charge in [0.1, 0.15) is 11.4 Å². The van der Waals surface area contributed by atoms with Gasteiger partial charge in [0.25, 0.3) is 0 Å². The third-order valence-corrected chi connectivity index (χ3v) is 4.03. The second-order valence-electron chi connectivity index (χ2n) is 5.81. The van der Waals surface area contributed by atoms with E-state index in [0.717, 1.165) is 0 Å². The van der Waals surface area contributed by atoms with Crippen molar-refractivity contribution in [2.24, 2.45) is 0 Å². The van der Waals surface area contributed by atoms with Crippen LogP contribution in [0.5, 0.6) is 0 Å². The van der Waals surface area contributed by atoms with Crippen LogP contribution in [-0.2, 0) is 14.3 Å². The number of amides is 1. The molecule has 1 heterocycles. The first-order valence-corrected chi connectivity index (χ1v) is 7.85. The Kier molecular flexibility index (Phi) is 5.84. The minimum absolute atomic E-state index is 0.132. The third-order valence-electron chi connectivity index (χ3n) is 4.03. The molecule has 0 spiro atoms. The Morgan fingerprint density at radius 1 is 1.33 bits per heavy atom. The minimum atomic E-state index is -1.20. The van der Waals surface area contributed by atoms with Crippen LogP contribution >= 0.6 is 0 Å². The average molecular weight is 333 g/mol. The summed E-state index contributed by atoms with van der Waals surface area (Å²) in [5, 5.41) is 2.70. The molecule has 1 aromatic rings. The normalized spacial score (nSPS) is 20.6. The first-order chi connectivity index (χ1) is 11.5. The minimum Gasteiger partial charge on any atom is -0.456 e. The van der Waals surface area contributed by atoms with Crippen LogP contribution in [0.1, 0.15) is 42.5 Å². The van der Waals surface area contributed by atoms with Crippen LogP contribution in [0, 0.1) is 5.82 Å². The second kappa shape index (κ2) is 7.86. The van der Waals surface area contributed by atoms with E-state index < -0.39 is 29.7 Å². The van der Waals surface area contributed by atoms with Gasteiger partial charge in [-0.1, -0.05) is 18.2 Å². The van der Waals surface area contributed by atoms with Crippen molar-refractivity contribution in [1.29, 1.82) is 0 Å². The average Bonchev–Trinajstić information content (AvgIpc) is 2.75. The molecule has 5 nitrogen and oxygen atoms in total. The smallest absolute Gasteiger partial charge is 0.332 e. The van der Waals surface area contributed by atoms with E-state index in [0.29, 0.717) is 25.7 Å². The summed E-state index contributed by atoms with van der Waals surface area (Å²) in [6.07, 6.45) is 3.88. The molecule has 0 radical (unpaired) electrons. The number of halogens is 1. The Labute approximate surface area is 139 Å². The second-order valence-corrected chi connectivity index (χ2v) is 5.81. The molecule has 0 unspecified atom stereocenters. The summed E-state index contributed by atoms with van der Waals surface area (Å²) in [5.41, 5.74) is -1.34. The molecule has 0 aliphatic carbocycles. The van der Waals surface area contributed by atoms with Crippen LogP contribution in [0.2, 0.25) is 0 Å². The molecule has 1 amide bonds. The van der Waals surface area contributed by atoms with E-state index in [1.54, 1.807) is 0 Å². The van der Waals surface area contributed by atoms with Crippen LogP contribution in [-0.4, -0.2) is 29.8 Å².